The number of nitrogens with one attached hydrogen (secondary N) is 2. The molecule has 1 saturated heterocycles. The number of fused-ring (bicyclic) bond motifs is 1. The molecule has 0 atom stereocenters. The maximum atomic E-state index is 14.1. The van der Waals surface area contributed by atoms with Gasteiger partial charge < -0.3 is 34.5 Å². The molecule has 1 aromatic heterocycles. The SMILES string of the molecule is CCN1CCN(Cc2ccc(NC(=O)c3cc(NC(=O)c4cc5cccc(OC)c5o4)cc(OC)c3)cc2C(F)(F)F)CC1.O=C(O)C(F)(F)F. The second-order valence-corrected chi connectivity index (χ2v) is 11.2. The average molecular weight is 725 g/mol. The number of furan rings is 1. The van der Waals surface area contributed by atoms with Gasteiger partial charge in [0.15, 0.2) is 17.1 Å². The molecular weight excluding hydrogens is 690 g/mol. The Morgan fingerprint density at radius 1 is 0.824 bits per heavy atom. The fourth-order valence-electron chi connectivity index (χ4n) is 5.19. The van der Waals surface area contributed by atoms with Crippen LogP contribution in [0.4, 0.5) is 37.7 Å². The summed E-state index contributed by atoms with van der Waals surface area (Å²) in [6, 6.07) is 15.0. The number of nitrogens with zero attached hydrogens (tertiary/aromatic N) is 2. The minimum Gasteiger partial charge on any atom is -0.497 e. The maximum absolute atomic E-state index is 14.1. The highest BCUT2D eigenvalue weighted by Gasteiger charge is 2.38. The standard InChI is InChI=1S/C32H33F3N4O5.C2HF3O2/c1-4-38-10-12-39(13-11-38)19-21-8-9-23(18-26(21)32(33,34)35)36-30(40)22-14-24(17-25(15-22)42-2)37-31(41)28-16-20-6-5-7-27(43-3)29(20)44-28;3-2(4,5)1(6)7/h5-9,14-18H,4,10-13,19H2,1-3H3,(H,36,40)(H,37,41);(H,6,7). The molecule has 0 saturated carbocycles. The molecule has 274 valence electrons. The number of methoxy groups -OCH3 is 2. The van der Waals surface area contributed by atoms with E-state index in [-0.39, 0.29) is 40.6 Å². The Morgan fingerprint density at radius 3 is 2.06 bits per heavy atom. The van der Waals surface area contributed by atoms with Crippen LogP contribution in [0.1, 0.15) is 39.0 Å². The van der Waals surface area contributed by atoms with E-state index in [1.54, 1.807) is 24.3 Å². The molecule has 2 amide bonds. The van der Waals surface area contributed by atoms with Gasteiger partial charge in [-0.2, -0.15) is 26.3 Å². The van der Waals surface area contributed by atoms with Gasteiger partial charge in [0.25, 0.3) is 11.8 Å². The molecule has 1 aliphatic rings. The van der Waals surface area contributed by atoms with Gasteiger partial charge in [0.05, 0.1) is 19.8 Å². The van der Waals surface area contributed by atoms with Crippen LogP contribution in [0.2, 0.25) is 0 Å². The molecule has 5 rings (SSSR count). The summed E-state index contributed by atoms with van der Waals surface area (Å²) in [5, 5.41) is 13.0. The van der Waals surface area contributed by atoms with Crippen LogP contribution in [0, 0.1) is 0 Å². The third kappa shape index (κ3) is 10.1. The number of para-hydroxylation sites is 1. The highest BCUT2D eigenvalue weighted by atomic mass is 19.4. The van der Waals surface area contributed by atoms with Crippen molar-refractivity contribution in [1.82, 2.24) is 9.80 Å². The number of anilines is 2. The van der Waals surface area contributed by atoms with E-state index in [0.717, 1.165) is 25.7 Å². The Morgan fingerprint density at radius 2 is 1.47 bits per heavy atom. The van der Waals surface area contributed by atoms with Gasteiger partial charge in [-0.1, -0.05) is 25.1 Å². The molecule has 3 aromatic carbocycles. The summed E-state index contributed by atoms with van der Waals surface area (Å²) in [6.45, 7) is 6.12. The largest absolute Gasteiger partial charge is 0.497 e. The number of benzene rings is 3. The van der Waals surface area contributed by atoms with E-state index in [9.17, 15) is 35.9 Å². The van der Waals surface area contributed by atoms with Crippen molar-refractivity contribution in [3.05, 3.63) is 83.1 Å². The predicted octanol–water partition coefficient (Wildman–Crippen LogP) is 6.74. The number of hydrogen-bond acceptors (Lipinski definition) is 8. The van der Waals surface area contributed by atoms with Crippen molar-refractivity contribution in [3.63, 3.8) is 0 Å². The van der Waals surface area contributed by atoms with Crippen molar-refractivity contribution < 1.29 is 59.7 Å². The fourth-order valence-corrected chi connectivity index (χ4v) is 5.19. The number of carbonyl (C=O) groups excluding carboxylic acids is 2. The summed E-state index contributed by atoms with van der Waals surface area (Å²) in [5.41, 5.74) is 0.0452. The molecule has 0 spiro atoms. The van der Waals surface area contributed by atoms with Gasteiger partial charge >= 0.3 is 18.3 Å². The van der Waals surface area contributed by atoms with E-state index in [4.69, 9.17) is 23.8 Å². The zero-order valence-electron chi connectivity index (χ0n) is 27.6. The molecule has 0 bridgehead atoms. The van der Waals surface area contributed by atoms with Gasteiger partial charge in [-0.05, 0) is 48.5 Å². The maximum Gasteiger partial charge on any atom is 0.490 e. The minimum atomic E-state index is -5.08. The third-order valence-electron chi connectivity index (χ3n) is 7.84. The third-order valence-corrected chi connectivity index (χ3v) is 7.84. The zero-order valence-corrected chi connectivity index (χ0v) is 27.6. The summed E-state index contributed by atoms with van der Waals surface area (Å²) in [5.74, 6) is -3.27. The number of carboxylic acids is 1. The lowest BCUT2D eigenvalue weighted by Crippen LogP contribution is -2.45. The first-order chi connectivity index (χ1) is 24.0. The number of amides is 2. The Hall–Kier alpha value is -5.29. The van der Waals surface area contributed by atoms with Crippen LogP contribution in [-0.2, 0) is 17.5 Å². The summed E-state index contributed by atoms with van der Waals surface area (Å²) >= 11 is 0. The summed E-state index contributed by atoms with van der Waals surface area (Å²) in [4.78, 5) is 39.3. The molecule has 3 N–H and O–H groups in total. The molecule has 1 aliphatic heterocycles. The lowest BCUT2D eigenvalue weighted by atomic mass is 10.0. The summed E-state index contributed by atoms with van der Waals surface area (Å²) < 4.78 is 90.2. The molecule has 11 nitrogen and oxygen atoms in total. The highest BCUT2D eigenvalue weighted by Crippen LogP contribution is 2.35. The van der Waals surface area contributed by atoms with Crippen molar-refractivity contribution in [1.29, 1.82) is 0 Å². The summed E-state index contributed by atoms with van der Waals surface area (Å²) in [6.07, 6.45) is -9.69. The smallest absolute Gasteiger partial charge is 0.490 e. The van der Waals surface area contributed by atoms with Crippen molar-refractivity contribution in [2.75, 3.05) is 57.6 Å². The van der Waals surface area contributed by atoms with Crippen LogP contribution < -0.4 is 20.1 Å². The van der Waals surface area contributed by atoms with E-state index < -0.39 is 35.7 Å². The van der Waals surface area contributed by atoms with Crippen LogP contribution in [0.3, 0.4) is 0 Å². The van der Waals surface area contributed by atoms with Crippen LogP contribution in [0.25, 0.3) is 11.0 Å². The number of ether oxygens (including phenoxy) is 2. The number of rotatable bonds is 9. The van der Waals surface area contributed by atoms with Crippen LogP contribution in [0.5, 0.6) is 11.5 Å². The number of aliphatic carboxylic acids is 1. The number of carboxylic acid groups (broad SMARTS) is 1. The second-order valence-electron chi connectivity index (χ2n) is 11.2. The van der Waals surface area contributed by atoms with Gasteiger partial charge in [-0.3, -0.25) is 14.5 Å². The van der Waals surface area contributed by atoms with Crippen LogP contribution >= 0.6 is 0 Å². The number of carbonyl (C=O) groups is 3. The van der Waals surface area contributed by atoms with Crippen molar-refractivity contribution >= 4 is 40.1 Å². The van der Waals surface area contributed by atoms with E-state index in [1.165, 1.54) is 44.6 Å². The Kier molecular flexibility index (Phi) is 12.2. The molecule has 51 heavy (non-hydrogen) atoms. The van der Waals surface area contributed by atoms with Crippen LogP contribution in [-0.4, -0.2) is 85.8 Å². The van der Waals surface area contributed by atoms with Gasteiger partial charge in [0.2, 0.25) is 0 Å². The van der Waals surface area contributed by atoms with Crippen LogP contribution in [0.15, 0.2) is 65.1 Å². The first-order valence-corrected chi connectivity index (χ1v) is 15.4. The topological polar surface area (TPSA) is 134 Å². The van der Waals surface area contributed by atoms with Gasteiger partial charge in [-0.15, -0.1) is 0 Å². The van der Waals surface area contributed by atoms with Gasteiger partial charge in [0, 0.05) is 61.1 Å². The summed E-state index contributed by atoms with van der Waals surface area (Å²) in [7, 11) is 2.89. The predicted molar refractivity (Wildman–Crippen MR) is 174 cm³/mol. The van der Waals surface area contributed by atoms with E-state index in [1.807, 2.05) is 4.90 Å². The van der Waals surface area contributed by atoms with E-state index in [0.29, 0.717) is 29.8 Å². The van der Waals surface area contributed by atoms with E-state index in [2.05, 4.69) is 22.5 Å². The second kappa shape index (κ2) is 16.2. The number of piperazine rings is 1. The van der Waals surface area contributed by atoms with Gasteiger partial charge in [0.1, 0.15) is 5.75 Å². The molecule has 0 aliphatic carbocycles. The monoisotopic (exact) mass is 724 g/mol. The fraction of sp³-hybridized carbons (Fsp3) is 0.324. The molecule has 2 heterocycles. The van der Waals surface area contributed by atoms with E-state index >= 15 is 0 Å². The van der Waals surface area contributed by atoms with Crippen molar-refractivity contribution in [3.8, 4) is 11.5 Å². The molecular formula is C34H34F6N4O7. The Bertz CT molecular complexity index is 1870. The first kappa shape index (κ1) is 38.5. The zero-order chi connectivity index (χ0) is 37.5. The quantitative estimate of drug-likeness (QED) is 0.161. The highest BCUT2D eigenvalue weighted by molar-refractivity contribution is 6.08. The van der Waals surface area contributed by atoms with Crippen molar-refractivity contribution in [2.45, 2.75) is 25.8 Å². The number of hydrogen-bond donors (Lipinski definition) is 3. The number of alkyl halides is 6. The lowest BCUT2D eigenvalue weighted by Gasteiger charge is -2.34. The Balaban J connectivity index is 0.000000755. The lowest BCUT2D eigenvalue weighted by molar-refractivity contribution is -0.192. The molecule has 1 fully saturated rings. The van der Waals surface area contributed by atoms with Crippen molar-refractivity contribution in [2.24, 2.45) is 0 Å². The Labute approximate surface area is 287 Å². The average Bonchev–Trinajstić information content (AvgIpc) is 3.53. The molecule has 0 unspecified atom stereocenters. The molecule has 17 heteroatoms. The first-order valence-electron chi connectivity index (χ1n) is 15.4. The molecule has 0 radical (unpaired) electrons. The number of halogens is 6. The number of likely N-dealkylation sites (N-methyl/N-ethyl adjacent to an activating group) is 1. The minimum absolute atomic E-state index is 0.00787. The van der Waals surface area contributed by atoms with Gasteiger partial charge in [-0.25, -0.2) is 4.79 Å². The normalized spacial score (nSPS) is 14.0. The molecule has 4 aromatic rings.